The standard InChI is InChI=1S/C26H32N4O2/c1-18-17-29(3)15-14-21(18)11-8-20-9-12-23(13-10-20)28-25(31)19(2)30-26(32)24-7-5-4-6-22(24)16-27-30/h4-7,9-10,12-13,16,18-19,21H,8,11,14-15,17H2,1-3H3,(H,28,31). The fourth-order valence-electron chi connectivity index (χ4n) is 4.68. The van der Waals surface area contributed by atoms with Crippen molar-refractivity contribution in [1.82, 2.24) is 14.7 Å². The Morgan fingerprint density at radius 3 is 2.69 bits per heavy atom. The highest BCUT2D eigenvalue weighted by Gasteiger charge is 2.23. The molecule has 1 aliphatic rings. The molecule has 4 rings (SSSR count). The van der Waals surface area contributed by atoms with Crippen molar-refractivity contribution in [3.05, 3.63) is 70.6 Å². The molecule has 2 aromatic carbocycles. The third-order valence-electron chi connectivity index (χ3n) is 6.78. The van der Waals surface area contributed by atoms with E-state index in [4.69, 9.17) is 0 Å². The first kappa shape index (κ1) is 22.2. The number of benzene rings is 2. The summed E-state index contributed by atoms with van der Waals surface area (Å²) in [6.07, 6.45) is 5.15. The van der Waals surface area contributed by atoms with Gasteiger partial charge in [-0.15, -0.1) is 0 Å². The summed E-state index contributed by atoms with van der Waals surface area (Å²) in [6, 6.07) is 14.6. The summed E-state index contributed by atoms with van der Waals surface area (Å²) in [4.78, 5) is 27.9. The first-order chi connectivity index (χ1) is 15.4. The summed E-state index contributed by atoms with van der Waals surface area (Å²) in [7, 11) is 2.20. The van der Waals surface area contributed by atoms with E-state index in [-0.39, 0.29) is 11.5 Å². The van der Waals surface area contributed by atoms with E-state index in [0.717, 1.165) is 29.3 Å². The van der Waals surface area contributed by atoms with Crippen molar-refractivity contribution >= 4 is 22.4 Å². The number of hydrogen-bond acceptors (Lipinski definition) is 4. The van der Waals surface area contributed by atoms with Crippen LogP contribution in [0.5, 0.6) is 0 Å². The fourth-order valence-corrected chi connectivity index (χ4v) is 4.68. The maximum absolute atomic E-state index is 12.8. The molecule has 1 aliphatic heterocycles. The van der Waals surface area contributed by atoms with Crippen molar-refractivity contribution in [3.63, 3.8) is 0 Å². The second kappa shape index (κ2) is 9.65. The van der Waals surface area contributed by atoms with Crippen molar-refractivity contribution in [2.24, 2.45) is 11.8 Å². The Morgan fingerprint density at radius 1 is 1.19 bits per heavy atom. The molecule has 6 nitrogen and oxygen atoms in total. The van der Waals surface area contributed by atoms with Gasteiger partial charge in [-0.2, -0.15) is 5.10 Å². The number of piperidine rings is 1. The molecule has 0 aliphatic carbocycles. The van der Waals surface area contributed by atoms with E-state index in [0.29, 0.717) is 5.39 Å². The van der Waals surface area contributed by atoms with E-state index >= 15 is 0 Å². The summed E-state index contributed by atoms with van der Waals surface area (Å²) in [5.74, 6) is 1.25. The average molecular weight is 433 g/mol. The molecule has 3 atom stereocenters. The van der Waals surface area contributed by atoms with Crippen LogP contribution in [0.15, 0.2) is 59.5 Å². The van der Waals surface area contributed by atoms with Crippen LogP contribution in [0.3, 0.4) is 0 Å². The lowest BCUT2D eigenvalue weighted by molar-refractivity contribution is -0.119. The molecule has 1 aromatic heterocycles. The van der Waals surface area contributed by atoms with Gasteiger partial charge < -0.3 is 10.2 Å². The molecule has 1 amide bonds. The van der Waals surface area contributed by atoms with E-state index in [1.165, 1.54) is 36.2 Å². The second-order valence-corrected chi connectivity index (χ2v) is 9.17. The van der Waals surface area contributed by atoms with Gasteiger partial charge in [-0.25, -0.2) is 4.68 Å². The van der Waals surface area contributed by atoms with Crippen molar-refractivity contribution in [2.75, 3.05) is 25.5 Å². The normalized spacial score (nSPS) is 20.2. The molecular formula is C26H32N4O2. The number of aryl methyl sites for hydroxylation is 1. The zero-order chi connectivity index (χ0) is 22.7. The summed E-state index contributed by atoms with van der Waals surface area (Å²) in [5.41, 5.74) is 1.76. The molecule has 1 fully saturated rings. The van der Waals surface area contributed by atoms with Crippen LogP contribution in [0.2, 0.25) is 0 Å². The minimum absolute atomic E-state index is 0.260. The number of anilines is 1. The number of hydrogen-bond donors (Lipinski definition) is 1. The average Bonchev–Trinajstić information content (AvgIpc) is 2.79. The largest absolute Gasteiger partial charge is 0.324 e. The van der Waals surface area contributed by atoms with Crippen LogP contribution in [-0.4, -0.2) is 40.7 Å². The predicted octanol–water partition coefficient (Wildman–Crippen LogP) is 4.12. The topological polar surface area (TPSA) is 67.2 Å². The quantitative estimate of drug-likeness (QED) is 0.636. The van der Waals surface area contributed by atoms with E-state index in [1.54, 1.807) is 19.2 Å². The predicted molar refractivity (Wildman–Crippen MR) is 129 cm³/mol. The molecule has 0 saturated carbocycles. The van der Waals surface area contributed by atoms with Crippen LogP contribution in [0.4, 0.5) is 5.69 Å². The Labute approximate surface area is 189 Å². The third-order valence-corrected chi connectivity index (χ3v) is 6.78. The van der Waals surface area contributed by atoms with Crippen molar-refractivity contribution in [2.45, 2.75) is 39.2 Å². The zero-order valence-electron chi connectivity index (χ0n) is 19.1. The van der Waals surface area contributed by atoms with Crippen LogP contribution in [0, 0.1) is 11.8 Å². The number of aromatic nitrogens is 2. The molecule has 2 heterocycles. The van der Waals surface area contributed by atoms with Crippen LogP contribution in [0.25, 0.3) is 10.8 Å². The molecule has 0 radical (unpaired) electrons. The van der Waals surface area contributed by atoms with Gasteiger partial charge in [-0.3, -0.25) is 9.59 Å². The number of carbonyl (C=O) groups is 1. The van der Waals surface area contributed by atoms with Gasteiger partial charge >= 0.3 is 0 Å². The molecule has 0 spiro atoms. The number of carbonyl (C=O) groups excluding carboxylic acids is 1. The Balaban J connectivity index is 1.36. The van der Waals surface area contributed by atoms with Gasteiger partial charge in [0.25, 0.3) is 5.56 Å². The Bertz CT molecular complexity index is 1140. The molecule has 0 bridgehead atoms. The molecule has 3 unspecified atom stereocenters. The van der Waals surface area contributed by atoms with Gasteiger partial charge in [-0.05, 0) is 75.4 Å². The minimum Gasteiger partial charge on any atom is -0.324 e. The summed E-state index contributed by atoms with van der Waals surface area (Å²) in [6.45, 7) is 6.42. The van der Waals surface area contributed by atoms with Crippen LogP contribution < -0.4 is 10.9 Å². The summed E-state index contributed by atoms with van der Waals surface area (Å²) < 4.78 is 1.24. The smallest absolute Gasteiger partial charge is 0.275 e. The highest BCUT2D eigenvalue weighted by Crippen LogP contribution is 2.27. The molecular weight excluding hydrogens is 400 g/mol. The molecule has 6 heteroatoms. The maximum atomic E-state index is 12.8. The number of nitrogens with one attached hydrogen (secondary N) is 1. The lowest BCUT2D eigenvalue weighted by atomic mass is 9.83. The van der Waals surface area contributed by atoms with E-state index < -0.39 is 6.04 Å². The van der Waals surface area contributed by atoms with Crippen molar-refractivity contribution in [3.8, 4) is 0 Å². The van der Waals surface area contributed by atoms with Crippen LogP contribution in [-0.2, 0) is 11.2 Å². The minimum atomic E-state index is -0.710. The van der Waals surface area contributed by atoms with Gasteiger partial charge in [0.2, 0.25) is 5.91 Å². The molecule has 32 heavy (non-hydrogen) atoms. The van der Waals surface area contributed by atoms with E-state index in [1.807, 2.05) is 30.3 Å². The maximum Gasteiger partial charge on any atom is 0.275 e. The monoisotopic (exact) mass is 432 g/mol. The summed E-state index contributed by atoms with van der Waals surface area (Å²) >= 11 is 0. The second-order valence-electron chi connectivity index (χ2n) is 9.17. The van der Waals surface area contributed by atoms with E-state index in [2.05, 4.69) is 41.4 Å². The highest BCUT2D eigenvalue weighted by atomic mass is 16.2. The zero-order valence-corrected chi connectivity index (χ0v) is 19.1. The number of rotatable bonds is 6. The lowest BCUT2D eigenvalue weighted by Gasteiger charge is -2.34. The number of fused-ring (bicyclic) bond motifs is 1. The first-order valence-corrected chi connectivity index (χ1v) is 11.5. The Morgan fingerprint density at radius 2 is 1.94 bits per heavy atom. The Kier molecular flexibility index (Phi) is 6.70. The lowest BCUT2D eigenvalue weighted by Crippen LogP contribution is -2.36. The van der Waals surface area contributed by atoms with Crippen molar-refractivity contribution < 1.29 is 4.79 Å². The van der Waals surface area contributed by atoms with Crippen molar-refractivity contribution in [1.29, 1.82) is 0 Å². The van der Waals surface area contributed by atoms with Gasteiger partial charge in [-0.1, -0.05) is 37.3 Å². The Hall–Kier alpha value is -2.99. The van der Waals surface area contributed by atoms with E-state index in [9.17, 15) is 9.59 Å². The molecule has 1 saturated heterocycles. The van der Waals surface area contributed by atoms with Gasteiger partial charge in [0, 0.05) is 17.6 Å². The molecule has 3 aromatic rings. The third kappa shape index (κ3) is 4.91. The fraction of sp³-hybridized carbons (Fsp3) is 0.423. The van der Waals surface area contributed by atoms with Gasteiger partial charge in [0.05, 0.1) is 11.6 Å². The first-order valence-electron chi connectivity index (χ1n) is 11.5. The van der Waals surface area contributed by atoms with Crippen LogP contribution in [0.1, 0.15) is 38.3 Å². The number of nitrogens with zero attached hydrogens (tertiary/aromatic N) is 3. The molecule has 168 valence electrons. The SMILES string of the molecule is CC1CN(C)CCC1CCc1ccc(NC(=O)C(C)n2ncc3ccccc3c2=O)cc1. The highest BCUT2D eigenvalue weighted by molar-refractivity contribution is 5.93. The molecule has 1 N–H and O–H groups in total. The number of likely N-dealkylation sites (tertiary alicyclic amines) is 1. The number of amides is 1. The van der Waals surface area contributed by atoms with Crippen LogP contribution >= 0.6 is 0 Å². The van der Waals surface area contributed by atoms with Gasteiger partial charge in [0.1, 0.15) is 6.04 Å². The van der Waals surface area contributed by atoms with Gasteiger partial charge in [0.15, 0.2) is 0 Å². The summed E-state index contributed by atoms with van der Waals surface area (Å²) in [5, 5.41) is 8.45.